The van der Waals surface area contributed by atoms with Crippen LogP contribution < -0.4 is 5.32 Å². The van der Waals surface area contributed by atoms with Crippen LogP contribution in [-0.2, 0) is 7.05 Å². The number of aromatic nitrogens is 4. The van der Waals surface area contributed by atoms with E-state index >= 15 is 0 Å². The topological polar surface area (TPSA) is 64.7 Å². The van der Waals surface area contributed by atoms with Crippen LogP contribution >= 0.6 is 0 Å². The van der Waals surface area contributed by atoms with Gasteiger partial charge in [0.15, 0.2) is 5.82 Å². The molecular weight excluding hydrogens is 304 g/mol. The van der Waals surface area contributed by atoms with E-state index in [0.29, 0.717) is 17.1 Å². The molecule has 0 aliphatic heterocycles. The van der Waals surface area contributed by atoms with Crippen LogP contribution in [0.1, 0.15) is 41.7 Å². The van der Waals surface area contributed by atoms with Crippen molar-refractivity contribution in [1.29, 1.82) is 0 Å². The van der Waals surface area contributed by atoms with Crippen LogP contribution in [0.4, 0.5) is 8.78 Å². The molecule has 0 atom stereocenters. The predicted molar refractivity (Wildman–Crippen MR) is 79.7 cm³/mol. The third kappa shape index (κ3) is 3.11. The molecule has 1 saturated carbocycles. The van der Waals surface area contributed by atoms with Gasteiger partial charge in [-0.1, -0.05) is 0 Å². The van der Waals surface area contributed by atoms with Gasteiger partial charge in [-0.05, 0) is 25.8 Å². The summed E-state index contributed by atoms with van der Waals surface area (Å²) < 4.78 is 29.6. The molecule has 1 N–H and O–H groups in total. The third-order valence-corrected chi connectivity index (χ3v) is 4.19. The SMILES string of the molecule is Cc1nn(C)c(-n2cccn2)c1C(=O)NC1CCC(F)(F)CC1. The maximum atomic E-state index is 13.2. The monoisotopic (exact) mass is 323 g/mol. The lowest BCUT2D eigenvalue weighted by molar-refractivity contribution is -0.0399. The first kappa shape index (κ1) is 15.6. The average Bonchev–Trinajstić information content (AvgIpc) is 3.08. The predicted octanol–water partition coefficient (Wildman–Crippen LogP) is 2.22. The normalized spacial score (nSPS) is 18.1. The minimum Gasteiger partial charge on any atom is -0.349 e. The molecule has 6 nitrogen and oxygen atoms in total. The second-order valence-electron chi connectivity index (χ2n) is 5.96. The van der Waals surface area contributed by atoms with E-state index in [9.17, 15) is 13.6 Å². The molecule has 0 unspecified atom stereocenters. The highest BCUT2D eigenvalue weighted by Gasteiger charge is 2.36. The van der Waals surface area contributed by atoms with Crippen molar-refractivity contribution >= 4 is 5.91 Å². The van der Waals surface area contributed by atoms with E-state index in [2.05, 4.69) is 15.5 Å². The van der Waals surface area contributed by atoms with Crippen molar-refractivity contribution < 1.29 is 13.6 Å². The fourth-order valence-corrected chi connectivity index (χ4v) is 3.01. The van der Waals surface area contributed by atoms with E-state index < -0.39 is 5.92 Å². The van der Waals surface area contributed by atoms with Crippen molar-refractivity contribution in [3.8, 4) is 5.82 Å². The van der Waals surface area contributed by atoms with Gasteiger partial charge < -0.3 is 5.32 Å². The largest absolute Gasteiger partial charge is 0.349 e. The lowest BCUT2D eigenvalue weighted by Crippen LogP contribution is -2.40. The number of nitrogens with one attached hydrogen (secondary N) is 1. The Balaban J connectivity index is 1.81. The summed E-state index contributed by atoms with van der Waals surface area (Å²) >= 11 is 0. The number of hydrogen-bond donors (Lipinski definition) is 1. The van der Waals surface area contributed by atoms with Gasteiger partial charge in [-0.2, -0.15) is 10.2 Å². The minimum absolute atomic E-state index is 0.185. The first-order valence-corrected chi connectivity index (χ1v) is 7.60. The van der Waals surface area contributed by atoms with Crippen LogP contribution in [0, 0.1) is 6.92 Å². The molecule has 0 radical (unpaired) electrons. The third-order valence-electron chi connectivity index (χ3n) is 4.19. The summed E-state index contributed by atoms with van der Waals surface area (Å²) in [6.45, 7) is 1.75. The number of nitrogens with zero attached hydrogens (tertiary/aromatic N) is 4. The van der Waals surface area contributed by atoms with Gasteiger partial charge in [0.2, 0.25) is 5.92 Å². The number of aryl methyl sites for hydroxylation is 2. The van der Waals surface area contributed by atoms with Gasteiger partial charge in [0.05, 0.1) is 5.69 Å². The molecule has 124 valence electrons. The lowest BCUT2D eigenvalue weighted by atomic mass is 9.92. The Morgan fingerprint density at radius 1 is 1.39 bits per heavy atom. The smallest absolute Gasteiger partial charge is 0.257 e. The van der Waals surface area contributed by atoms with Crippen LogP contribution in [-0.4, -0.2) is 37.4 Å². The Kier molecular flexibility index (Phi) is 3.91. The molecule has 0 aromatic carbocycles. The highest BCUT2D eigenvalue weighted by molar-refractivity contribution is 5.98. The van der Waals surface area contributed by atoms with Crippen molar-refractivity contribution in [2.75, 3.05) is 0 Å². The van der Waals surface area contributed by atoms with Crippen molar-refractivity contribution in [3.05, 3.63) is 29.7 Å². The Morgan fingerprint density at radius 3 is 2.70 bits per heavy atom. The molecule has 23 heavy (non-hydrogen) atoms. The molecular formula is C15H19F2N5O. The van der Waals surface area contributed by atoms with Gasteiger partial charge in [0, 0.05) is 38.3 Å². The zero-order chi connectivity index (χ0) is 16.6. The Bertz CT molecular complexity index is 698. The summed E-state index contributed by atoms with van der Waals surface area (Å²) in [7, 11) is 1.74. The number of carbonyl (C=O) groups is 1. The first-order valence-electron chi connectivity index (χ1n) is 7.60. The average molecular weight is 323 g/mol. The number of halogens is 2. The van der Waals surface area contributed by atoms with Crippen LogP contribution in [0.3, 0.4) is 0 Å². The summed E-state index contributed by atoms with van der Waals surface area (Å²) in [6.07, 6.45) is 3.55. The highest BCUT2D eigenvalue weighted by Crippen LogP contribution is 2.33. The summed E-state index contributed by atoms with van der Waals surface area (Å²) in [5.41, 5.74) is 1.00. The molecule has 0 bridgehead atoms. The van der Waals surface area contributed by atoms with Crippen molar-refractivity contribution in [2.45, 2.75) is 44.6 Å². The fourth-order valence-electron chi connectivity index (χ4n) is 3.01. The lowest BCUT2D eigenvalue weighted by Gasteiger charge is -2.28. The highest BCUT2D eigenvalue weighted by atomic mass is 19.3. The van der Waals surface area contributed by atoms with Gasteiger partial charge >= 0.3 is 0 Å². The second-order valence-corrected chi connectivity index (χ2v) is 5.96. The molecule has 2 heterocycles. The van der Waals surface area contributed by atoms with Gasteiger partial charge in [-0.25, -0.2) is 18.1 Å². The maximum absolute atomic E-state index is 13.2. The summed E-state index contributed by atoms with van der Waals surface area (Å²) in [5.74, 6) is -2.34. The fraction of sp³-hybridized carbons (Fsp3) is 0.533. The maximum Gasteiger partial charge on any atom is 0.257 e. The molecule has 3 rings (SSSR count). The molecule has 1 aliphatic carbocycles. The zero-order valence-electron chi connectivity index (χ0n) is 13.1. The molecule has 1 fully saturated rings. The molecule has 0 saturated heterocycles. The molecule has 1 amide bonds. The first-order chi connectivity index (χ1) is 10.9. The number of rotatable bonds is 3. The van der Waals surface area contributed by atoms with E-state index in [-0.39, 0.29) is 37.6 Å². The molecule has 0 spiro atoms. The van der Waals surface area contributed by atoms with Crippen LogP contribution in [0.2, 0.25) is 0 Å². The van der Waals surface area contributed by atoms with E-state index in [0.717, 1.165) is 0 Å². The minimum atomic E-state index is -2.61. The number of hydrogen-bond acceptors (Lipinski definition) is 3. The van der Waals surface area contributed by atoms with E-state index in [1.54, 1.807) is 41.8 Å². The quantitative estimate of drug-likeness (QED) is 0.942. The van der Waals surface area contributed by atoms with Crippen LogP contribution in [0.15, 0.2) is 18.5 Å². The second kappa shape index (κ2) is 5.75. The molecule has 2 aromatic heterocycles. The van der Waals surface area contributed by atoms with Crippen LogP contribution in [0.5, 0.6) is 0 Å². The summed E-state index contributed by atoms with van der Waals surface area (Å²) in [5, 5.41) is 11.3. The Morgan fingerprint density at radius 2 is 2.09 bits per heavy atom. The number of alkyl halides is 2. The Hall–Kier alpha value is -2.25. The van der Waals surface area contributed by atoms with Crippen molar-refractivity contribution in [1.82, 2.24) is 24.9 Å². The number of carbonyl (C=O) groups excluding carboxylic acids is 1. The Labute approximate surface area is 132 Å². The van der Waals surface area contributed by atoms with Gasteiger partial charge in [0.25, 0.3) is 5.91 Å². The standard InChI is InChI=1S/C15H19F2N5O/c1-10-12(14(21(2)20-10)22-9-3-8-18-22)13(23)19-11-4-6-15(16,17)7-5-11/h3,8-9,11H,4-7H2,1-2H3,(H,19,23). The van der Waals surface area contributed by atoms with Gasteiger partial charge in [-0.3, -0.25) is 4.79 Å². The summed E-state index contributed by atoms with van der Waals surface area (Å²) in [4.78, 5) is 12.6. The summed E-state index contributed by atoms with van der Waals surface area (Å²) in [6, 6.07) is 1.53. The van der Waals surface area contributed by atoms with Gasteiger partial charge in [-0.15, -0.1) is 0 Å². The van der Waals surface area contributed by atoms with E-state index in [4.69, 9.17) is 0 Å². The van der Waals surface area contributed by atoms with Gasteiger partial charge in [0.1, 0.15) is 5.56 Å². The molecule has 8 heteroatoms. The van der Waals surface area contributed by atoms with E-state index in [1.807, 2.05) is 0 Å². The van der Waals surface area contributed by atoms with Crippen LogP contribution in [0.25, 0.3) is 5.82 Å². The van der Waals surface area contributed by atoms with E-state index in [1.165, 1.54) is 0 Å². The van der Waals surface area contributed by atoms with Crippen molar-refractivity contribution in [3.63, 3.8) is 0 Å². The molecule has 2 aromatic rings. The number of amides is 1. The molecule has 1 aliphatic rings. The zero-order valence-corrected chi connectivity index (χ0v) is 13.1. The van der Waals surface area contributed by atoms with Crippen molar-refractivity contribution in [2.24, 2.45) is 7.05 Å².